The van der Waals surface area contributed by atoms with Gasteiger partial charge in [0.2, 0.25) is 0 Å². The molecule has 0 bridgehead atoms. The lowest BCUT2D eigenvalue weighted by Crippen LogP contribution is -2.40. The molecular formula is C16H20ClN3O2. The van der Waals surface area contributed by atoms with Crippen LogP contribution in [0.4, 0.5) is 10.5 Å². The fourth-order valence-electron chi connectivity index (χ4n) is 2.80. The average Bonchev–Trinajstić information content (AvgIpc) is 2.94. The van der Waals surface area contributed by atoms with Crippen LogP contribution >= 0.6 is 11.6 Å². The average molecular weight is 322 g/mol. The molecule has 0 unspecified atom stereocenters. The Bertz CT molecular complexity index is 598. The van der Waals surface area contributed by atoms with Crippen molar-refractivity contribution < 1.29 is 9.90 Å². The second-order valence-corrected chi connectivity index (χ2v) is 6.40. The molecule has 2 rings (SSSR count). The summed E-state index contributed by atoms with van der Waals surface area (Å²) in [4.78, 5) is 14.8. The number of benzene rings is 1. The van der Waals surface area contributed by atoms with Crippen molar-refractivity contribution in [3.05, 3.63) is 28.8 Å². The van der Waals surface area contributed by atoms with Crippen molar-refractivity contribution >= 4 is 23.4 Å². The Hall–Kier alpha value is -1.93. The number of likely N-dealkylation sites (tertiary alicyclic amines) is 1. The van der Waals surface area contributed by atoms with Crippen LogP contribution in [0, 0.1) is 17.2 Å². The highest BCUT2D eigenvalue weighted by Gasteiger charge is 2.31. The van der Waals surface area contributed by atoms with E-state index in [1.165, 1.54) is 4.90 Å². The van der Waals surface area contributed by atoms with E-state index in [-0.39, 0.29) is 6.04 Å². The molecule has 22 heavy (non-hydrogen) atoms. The van der Waals surface area contributed by atoms with E-state index in [2.05, 4.69) is 24.8 Å². The van der Waals surface area contributed by atoms with Gasteiger partial charge in [-0.15, -0.1) is 0 Å². The number of amides is 1. The van der Waals surface area contributed by atoms with Crippen LogP contribution in [0.1, 0.15) is 25.8 Å². The van der Waals surface area contributed by atoms with Crippen LogP contribution in [0.25, 0.3) is 0 Å². The van der Waals surface area contributed by atoms with Crippen molar-refractivity contribution in [3.8, 4) is 6.07 Å². The standard InChI is InChI=1S/C16H20ClN3O2/c1-11(2)9-20(14-5-6-19(10-14)16(21)22)13-4-3-12(8-18)15(17)7-13/h3-4,7,11,14H,5-6,9-10H2,1-2H3,(H,21,22)/t14-/m0/s1. The summed E-state index contributed by atoms with van der Waals surface area (Å²) in [5.41, 5.74) is 1.39. The fraction of sp³-hybridized carbons (Fsp3) is 0.500. The summed E-state index contributed by atoms with van der Waals surface area (Å²) >= 11 is 6.14. The van der Waals surface area contributed by atoms with E-state index < -0.39 is 6.09 Å². The Kier molecular flexibility index (Phi) is 5.15. The first kappa shape index (κ1) is 16.4. The third-order valence-electron chi connectivity index (χ3n) is 3.84. The second kappa shape index (κ2) is 6.89. The minimum Gasteiger partial charge on any atom is -0.465 e. The maximum absolute atomic E-state index is 11.1. The SMILES string of the molecule is CC(C)CN(c1ccc(C#N)c(Cl)c1)[C@H]1CCN(C(=O)O)C1. The number of hydrogen-bond donors (Lipinski definition) is 1. The van der Waals surface area contributed by atoms with Gasteiger partial charge in [-0.25, -0.2) is 4.79 Å². The summed E-state index contributed by atoms with van der Waals surface area (Å²) in [6.07, 6.45) is -0.0683. The Labute approximate surface area is 135 Å². The molecule has 0 spiro atoms. The first-order valence-corrected chi connectivity index (χ1v) is 7.74. The number of nitriles is 1. The van der Waals surface area contributed by atoms with Gasteiger partial charge in [0, 0.05) is 31.4 Å². The molecule has 1 N–H and O–H groups in total. The number of carbonyl (C=O) groups is 1. The molecule has 1 amide bonds. The van der Waals surface area contributed by atoms with E-state index in [1.54, 1.807) is 12.1 Å². The lowest BCUT2D eigenvalue weighted by atomic mass is 10.1. The maximum atomic E-state index is 11.1. The maximum Gasteiger partial charge on any atom is 0.407 e. The molecule has 1 atom stereocenters. The van der Waals surface area contributed by atoms with Gasteiger partial charge < -0.3 is 14.9 Å². The van der Waals surface area contributed by atoms with Crippen LogP contribution in [-0.4, -0.2) is 41.8 Å². The monoisotopic (exact) mass is 321 g/mol. The van der Waals surface area contributed by atoms with Crippen molar-refractivity contribution in [2.24, 2.45) is 5.92 Å². The van der Waals surface area contributed by atoms with Crippen molar-refractivity contribution in [1.82, 2.24) is 4.90 Å². The molecule has 0 saturated carbocycles. The molecule has 1 aliphatic heterocycles. The van der Waals surface area contributed by atoms with Gasteiger partial charge in [0.05, 0.1) is 10.6 Å². The predicted molar refractivity (Wildman–Crippen MR) is 86.4 cm³/mol. The zero-order chi connectivity index (χ0) is 16.3. The van der Waals surface area contributed by atoms with Crippen molar-refractivity contribution in [2.75, 3.05) is 24.5 Å². The first-order chi connectivity index (χ1) is 10.4. The van der Waals surface area contributed by atoms with Gasteiger partial charge in [0.1, 0.15) is 6.07 Å². The number of halogens is 1. The number of anilines is 1. The van der Waals surface area contributed by atoms with E-state index in [9.17, 15) is 4.79 Å². The Balaban J connectivity index is 2.25. The molecule has 0 radical (unpaired) electrons. The highest BCUT2D eigenvalue weighted by molar-refractivity contribution is 6.32. The van der Waals surface area contributed by atoms with E-state index in [4.69, 9.17) is 22.0 Å². The van der Waals surface area contributed by atoms with Crippen LogP contribution in [0.2, 0.25) is 5.02 Å². The lowest BCUT2D eigenvalue weighted by Gasteiger charge is -2.32. The third kappa shape index (κ3) is 3.63. The summed E-state index contributed by atoms with van der Waals surface area (Å²) in [6.45, 7) is 6.13. The van der Waals surface area contributed by atoms with Crippen LogP contribution in [-0.2, 0) is 0 Å². The summed E-state index contributed by atoms with van der Waals surface area (Å²) in [6, 6.07) is 7.60. The Morgan fingerprint density at radius 3 is 2.82 bits per heavy atom. The molecular weight excluding hydrogens is 302 g/mol. The molecule has 6 heteroatoms. The predicted octanol–water partition coefficient (Wildman–Crippen LogP) is 3.43. The quantitative estimate of drug-likeness (QED) is 0.922. The normalized spacial score (nSPS) is 17.6. The number of nitrogens with zero attached hydrogens (tertiary/aromatic N) is 3. The largest absolute Gasteiger partial charge is 0.465 e. The molecule has 1 aromatic rings. The van der Waals surface area contributed by atoms with Crippen LogP contribution in [0.5, 0.6) is 0 Å². The van der Waals surface area contributed by atoms with Crippen LogP contribution < -0.4 is 4.90 Å². The molecule has 1 fully saturated rings. The van der Waals surface area contributed by atoms with Gasteiger partial charge in [-0.3, -0.25) is 0 Å². The summed E-state index contributed by atoms with van der Waals surface area (Å²) in [5.74, 6) is 0.438. The Morgan fingerprint density at radius 1 is 1.59 bits per heavy atom. The summed E-state index contributed by atoms with van der Waals surface area (Å²) < 4.78 is 0. The van der Waals surface area contributed by atoms with Gasteiger partial charge in [0.25, 0.3) is 0 Å². The number of carboxylic acid groups (broad SMARTS) is 1. The van der Waals surface area contributed by atoms with Gasteiger partial charge in [-0.2, -0.15) is 5.26 Å². The first-order valence-electron chi connectivity index (χ1n) is 7.36. The smallest absolute Gasteiger partial charge is 0.407 e. The highest BCUT2D eigenvalue weighted by atomic mass is 35.5. The third-order valence-corrected chi connectivity index (χ3v) is 4.15. The van der Waals surface area contributed by atoms with Crippen molar-refractivity contribution in [1.29, 1.82) is 5.26 Å². The summed E-state index contributed by atoms with van der Waals surface area (Å²) in [7, 11) is 0. The van der Waals surface area contributed by atoms with E-state index in [0.717, 1.165) is 18.7 Å². The Morgan fingerprint density at radius 2 is 2.32 bits per heavy atom. The van der Waals surface area contributed by atoms with E-state index >= 15 is 0 Å². The fourth-order valence-corrected chi connectivity index (χ4v) is 3.02. The topological polar surface area (TPSA) is 67.6 Å². The highest BCUT2D eigenvalue weighted by Crippen LogP contribution is 2.28. The molecule has 118 valence electrons. The molecule has 5 nitrogen and oxygen atoms in total. The van der Waals surface area contributed by atoms with E-state index in [0.29, 0.717) is 29.6 Å². The van der Waals surface area contributed by atoms with Crippen LogP contribution in [0.3, 0.4) is 0 Å². The molecule has 0 aromatic heterocycles. The summed E-state index contributed by atoms with van der Waals surface area (Å²) in [5, 5.41) is 18.5. The zero-order valence-corrected chi connectivity index (χ0v) is 13.5. The van der Waals surface area contributed by atoms with Gasteiger partial charge in [0.15, 0.2) is 0 Å². The minimum absolute atomic E-state index is 0.141. The number of rotatable bonds is 4. The molecule has 1 aliphatic rings. The van der Waals surface area contributed by atoms with Gasteiger partial charge in [-0.05, 0) is 30.5 Å². The van der Waals surface area contributed by atoms with Crippen molar-refractivity contribution in [2.45, 2.75) is 26.3 Å². The minimum atomic E-state index is -0.871. The molecule has 0 aliphatic carbocycles. The molecule has 1 aromatic carbocycles. The van der Waals surface area contributed by atoms with Gasteiger partial charge >= 0.3 is 6.09 Å². The van der Waals surface area contributed by atoms with Crippen LogP contribution in [0.15, 0.2) is 18.2 Å². The second-order valence-electron chi connectivity index (χ2n) is 5.99. The number of hydrogen-bond acceptors (Lipinski definition) is 3. The zero-order valence-electron chi connectivity index (χ0n) is 12.8. The lowest BCUT2D eigenvalue weighted by molar-refractivity contribution is 0.155. The van der Waals surface area contributed by atoms with E-state index in [1.807, 2.05) is 6.07 Å². The molecule has 1 saturated heterocycles. The molecule has 1 heterocycles. The van der Waals surface area contributed by atoms with Gasteiger partial charge in [-0.1, -0.05) is 25.4 Å². The van der Waals surface area contributed by atoms with Crippen molar-refractivity contribution in [3.63, 3.8) is 0 Å².